The largest absolute Gasteiger partial charge is 0.463 e. The van der Waals surface area contributed by atoms with Crippen molar-refractivity contribution in [3.05, 3.63) is 60.6 Å². The number of hydrogen-bond donors (Lipinski definition) is 0. The number of likely N-dealkylation sites (tertiary alicyclic amines) is 1. The molecule has 6 rings (SSSR count). The molecule has 2 saturated heterocycles. The molecule has 0 bridgehead atoms. The maximum atomic E-state index is 13.8. The summed E-state index contributed by atoms with van der Waals surface area (Å²) in [6.45, 7) is 4.91. The number of likely N-dealkylation sites (N-methyl/N-ethyl adjacent to an activating group) is 1. The van der Waals surface area contributed by atoms with Crippen molar-refractivity contribution >= 4 is 33.6 Å². The van der Waals surface area contributed by atoms with Crippen LogP contribution in [0.25, 0.3) is 33.0 Å². The van der Waals surface area contributed by atoms with Gasteiger partial charge in [0.25, 0.3) is 5.91 Å². The molecule has 0 saturated carbocycles. The normalized spacial score (nSPS) is 19.3. The summed E-state index contributed by atoms with van der Waals surface area (Å²) >= 11 is 0. The van der Waals surface area contributed by atoms with Crippen LogP contribution >= 0.6 is 0 Å². The second-order valence-corrected chi connectivity index (χ2v) is 11.3. The molecular formula is C32H30F4N6O3. The van der Waals surface area contributed by atoms with Crippen molar-refractivity contribution in [2.24, 2.45) is 0 Å². The molecule has 0 N–H and O–H groups in total. The number of nitriles is 1. The van der Waals surface area contributed by atoms with E-state index in [-0.39, 0.29) is 38.1 Å². The van der Waals surface area contributed by atoms with Gasteiger partial charge in [-0.2, -0.15) is 28.4 Å². The van der Waals surface area contributed by atoms with Crippen LogP contribution in [-0.2, 0) is 11.0 Å². The van der Waals surface area contributed by atoms with Gasteiger partial charge < -0.3 is 23.9 Å². The number of carbonyl (C=O) groups excluding carboxylic acids is 1. The summed E-state index contributed by atoms with van der Waals surface area (Å²) in [5.41, 5.74) is 0.794. The summed E-state index contributed by atoms with van der Waals surface area (Å²) in [4.78, 5) is 27.3. The number of rotatable bonds is 7. The Balaban J connectivity index is 1.48. The lowest BCUT2D eigenvalue weighted by atomic mass is 9.97. The summed E-state index contributed by atoms with van der Waals surface area (Å²) in [5, 5.41) is 10.5. The quantitative estimate of drug-likeness (QED) is 0.184. The van der Waals surface area contributed by atoms with Crippen LogP contribution in [0, 0.1) is 11.3 Å². The number of benzene rings is 2. The van der Waals surface area contributed by atoms with Gasteiger partial charge in [-0.25, -0.2) is 4.39 Å². The molecule has 4 heterocycles. The summed E-state index contributed by atoms with van der Waals surface area (Å²) in [5.74, 6) is -1.56. The van der Waals surface area contributed by atoms with E-state index >= 15 is 0 Å². The van der Waals surface area contributed by atoms with E-state index in [1.165, 1.54) is 17.2 Å². The predicted molar refractivity (Wildman–Crippen MR) is 159 cm³/mol. The number of nitrogens with zero attached hydrogens (tertiary/aromatic N) is 6. The molecule has 0 aliphatic carbocycles. The predicted octanol–water partition coefficient (Wildman–Crippen LogP) is 5.95. The van der Waals surface area contributed by atoms with Crippen LogP contribution in [0.5, 0.6) is 6.01 Å². The third-order valence-electron chi connectivity index (χ3n) is 8.54. The Morgan fingerprint density at radius 1 is 1.18 bits per heavy atom. The summed E-state index contributed by atoms with van der Waals surface area (Å²) in [7, 11) is 2.02. The minimum absolute atomic E-state index is 0.0498. The number of furan rings is 1. The SMILES string of the molecule is C=C(F)C(=O)N1CCN(c2nc(OCC3CCCN3C)nc3cc(-c4cccc(C(F)(F)F)c4)c4ccoc4c23)CC1CC#N. The average molecular weight is 623 g/mol. The lowest BCUT2D eigenvalue weighted by Gasteiger charge is -2.41. The Morgan fingerprint density at radius 2 is 2.00 bits per heavy atom. The van der Waals surface area contributed by atoms with Crippen LogP contribution in [0.3, 0.4) is 0 Å². The summed E-state index contributed by atoms with van der Waals surface area (Å²) in [6, 6.07) is 10.1. The first-order chi connectivity index (χ1) is 21.5. The number of hydrogen-bond acceptors (Lipinski definition) is 8. The number of piperazine rings is 1. The molecule has 13 heteroatoms. The number of aromatic nitrogens is 2. The Morgan fingerprint density at radius 3 is 2.71 bits per heavy atom. The fourth-order valence-corrected chi connectivity index (χ4v) is 6.20. The fourth-order valence-electron chi connectivity index (χ4n) is 6.20. The van der Waals surface area contributed by atoms with E-state index in [9.17, 15) is 27.6 Å². The third-order valence-corrected chi connectivity index (χ3v) is 8.54. The summed E-state index contributed by atoms with van der Waals surface area (Å²) < 4.78 is 66.7. The molecule has 9 nitrogen and oxygen atoms in total. The molecule has 2 aliphatic heterocycles. The van der Waals surface area contributed by atoms with Crippen molar-refractivity contribution in [3.8, 4) is 23.2 Å². The molecule has 2 aromatic heterocycles. The van der Waals surface area contributed by atoms with Crippen molar-refractivity contribution in [3.63, 3.8) is 0 Å². The van der Waals surface area contributed by atoms with Crippen LogP contribution < -0.4 is 9.64 Å². The van der Waals surface area contributed by atoms with Gasteiger partial charge in [0.1, 0.15) is 18.0 Å². The highest BCUT2D eigenvalue weighted by molar-refractivity contribution is 6.14. The van der Waals surface area contributed by atoms with Gasteiger partial charge in [0.15, 0.2) is 5.83 Å². The molecule has 2 fully saturated rings. The van der Waals surface area contributed by atoms with Crippen molar-refractivity contribution in [2.75, 3.05) is 44.7 Å². The highest BCUT2D eigenvalue weighted by Gasteiger charge is 2.35. The molecule has 2 aromatic carbocycles. The van der Waals surface area contributed by atoms with Gasteiger partial charge in [-0.05, 0) is 61.8 Å². The van der Waals surface area contributed by atoms with Crippen LogP contribution in [0.1, 0.15) is 24.8 Å². The molecule has 234 valence electrons. The molecule has 2 aliphatic rings. The zero-order chi connectivity index (χ0) is 31.9. The van der Waals surface area contributed by atoms with Crippen LogP contribution in [0.15, 0.2) is 59.5 Å². The minimum atomic E-state index is -4.52. The third kappa shape index (κ3) is 5.90. The van der Waals surface area contributed by atoms with Crippen molar-refractivity contribution in [1.29, 1.82) is 5.26 Å². The molecule has 2 unspecified atom stereocenters. The molecule has 0 spiro atoms. The van der Waals surface area contributed by atoms with E-state index in [1.54, 1.807) is 18.2 Å². The van der Waals surface area contributed by atoms with Crippen molar-refractivity contribution < 1.29 is 31.5 Å². The number of halogens is 4. The molecule has 1 amide bonds. The van der Waals surface area contributed by atoms with Crippen molar-refractivity contribution in [1.82, 2.24) is 19.8 Å². The Bertz CT molecular complexity index is 1820. The average Bonchev–Trinajstić information content (AvgIpc) is 3.67. The first kappa shape index (κ1) is 30.3. The maximum Gasteiger partial charge on any atom is 0.416 e. The van der Waals surface area contributed by atoms with E-state index in [0.717, 1.165) is 31.5 Å². The van der Waals surface area contributed by atoms with E-state index in [0.29, 0.717) is 45.4 Å². The minimum Gasteiger partial charge on any atom is -0.463 e. The summed E-state index contributed by atoms with van der Waals surface area (Å²) in [6.07, 6.45) is -1.13. The Labute approximate surface area is 256 Å². The monoisotopic (exact) mass is 622 g/mol. The zero-order valence-corrected chi connectivity index (χ0v) is 24.5. The lowest BCUT2D eigenvalue weighted by molar-refractivity contribution is -0.137. The standard InChI is InChI=1S/C32H30F4N6O3/c1-19(33)30(43)42-13-12-41(17-22(42)8-10-37)29-27-26(38-31(39-29)45-18-23-7-4-11-40(23)2)16-25(24-9-14-44-28(24)27)20-5-3-6-21(15-20)32(34,35)36/h3,5-6,9,14-16,22-23H,1,4,7-8,11-13,17-18H2,2H3. The molecule has 0 radical (unpaired) electrons. The highest BCUT2D eigenvalue weighted by atomic mass is 19.4. The number of alkyl halides is 3. The van der Waals surface area contributed by atoms with E-state index < -0.39 is 29.5 Å². The van der Waals surface area contributed by atoms with Gasteiger partial charge in [-0.15, -0.1) is 0 Å². The Hall–Kier alpha value is -4.70. The zero-order valence-electron chi connectivity index (χ0n) is 24.5. The second-order valence-electron chi connectivity index (χ2n) is 11.3. The van der Waals surface area contributed by atoms with Gasteiger partial charge in [0.05, 0.1) is 41.3 Å². The van der Waals surface area contributed by atoms with E-state index in [1.807, 2.05) is 11.9 Å². The fraction of sp³-hybridized carbons (Fsp3) is 0.375. The van der Waals surface area contributed by atoms with Crippen LogP contribution in [-0.4, -0.2) is 77.6 Å². The smallest absolute Gasteiger partial charge is 0.416 e. The van der Waals surface area contributed by atoms with Gasteiger partial charge in [0, 0.05) is 31.1 Å². The Kier molecular flexibility index (Phi) is 8.09. The first-order valence-electron chi connectivity index (χ1n) is 14.5. The molecule has 45 heavy (non-hydrogen) atoms. The highest BCUT2D eigenvalue weighted by Crippen LogP contribution is 2.41. The van der Waals surface area contributed by atoms with Crippen LogP contribution in [0.2, 0.25) is 0 Å². The topological polar surface area (TPSA) is 98.7 Å². The first-order valence-corrected chi connectivity index (χ1v) is 14.5. The van der Waals surface area contributed by atoms with Gasteiger partial charge >= 0.3 is 12.2 Å². The van der Waals surface area contributed by atoms with E-state index in [4.69, 9.17) is 14.1 Å². The number of ether oxygens (including phenoxy) is 1. The second kappa shape index (κ2) is 12.0. The lowest BCUT2D eigenvalue weighted by Crippen LogP contribution is -2.55. The van der Waals surface area contributed by atoms with E-state index in [2.05, 4.69) is 22.5 Å². The molecule has 2 atom stereocenters. The van der Waals surface area contributed by atoms with Gasteiger partial charge in [-0.1, -0.05) is 18.7 Å². The number of amides is 1. The number of carbonyl (C=O) groups is 1. The maximum absolute atomic E-state index is 13.8. The molecular weight excluding hydrogens is 592 g/mol. The van der Waals surface area contributed by atoms with Gasteiger partial charge in [0.2, 0.25) is 0 Å². The number of anilines is 1. The van der Waals surface area contributed by atoms with Crippen molar-refractivity contribution in [2.45, 2.75) is 37.5 Å². The van der Waals surface area contributed by atoms with Gasteiger partial charge in [-0.3, -0.25) is 4.79 Å². The van der Waals surface area contributed by atoms with Crippen LogP contribution in [0.4, 0.5) is 23.4 Å². The number of fused-ring (bicyclic) bond motifs is 3. The molecule has 4 aromatic rings.